The zero-order chi connectivity index (χ0) is 9.68. The molecule has 0 bridgehead atoms. The molecule has 0 saturated heterocycles. The number of hydrogen-bond donors (Lipinski definition) is 0. The van der Waals surface area contributed by atoms with E-state index in [1.165, 1.54) is 32.1 Å². The lowest BCUT2D eigenvalue weighted by Gasteiger charge is -2.28. The molecule has 1 atom stereocenters. The highest BCUT2D eigenvalue weighted by molar-refractivity contribution is 6.61. The van der Waals surface area contributed by atoms with Crippen molar-refractivity contribution >= 4 is 17.0 Å². The number of hydrogen-bond acceptors (Lipinski definition) is 2. The van der Waals surface area contributed by atoms with E-state index in [1.54, 1.807) is 0 Å². The molecule has 0 aliphatic heterocycles. The van der Waals surface area contributed by atoms with Gasteiger partial charge in [-0.05, 0) is 25.2 Å². The lowest BCUT2D eigenvalue weighted by molar-refractivity contribution is 0.0619. The Morgan fingerprint density at radius 2 is 2.08 bits per heavy atom. The van der Waals surface area contributed by atoms with E-state index in [2.05, 4.69) is 0 Å². The minimum atomic E-state index is -0.655. The second-order valence-electron chi connectivity index (χ2n) is 3.70. The molecule has 0 N–H and O–H groups in total. The van der Waals surface area contributed by atoms with E-state index in [0.717, 1.165) is 6.42 Å². The van der Waals surface area contributed by atoms with Gasteiger partial charge in [0.1, 0.15) is 6.10 Å². The summed E-state index contributed by atoms with van der Waals surface area (Å²) in [6.45, 7) is 2.04. The first-order valence-corrected chi connectivity index (χ1v) is 5.48. The van der Waals surface area contributed by atoms with Gasteiger partial charge in [0.2, 0.25) is 0 Å². The van der Waals surface area contributed by atoms with Crippen LogP contribution < -0.4 is 0 Å². The molecule has 0 aromatic heterocycles. The van der Waals surface area contributed by atoms with E-state index < -0.39 is 5.43 Å². The van der Waals surface area contributed by atoms with Gasteiger partial charge in [-0.25, -0.2) is 4.79 Å². The summed E-state index contributed by atoms with van der Waals surface area (Å²) in [7, 11) is 0. The third-order valence-electron chi connectivity index (χ3n) is 2.82. The number of halogens is 1. The fraction of sp³-hybridized carbons (Fsp3) is 0.900. The molecule has 13 heavy (non-hydrogen) atoms. The highest BCUT2D eigenvalue weighted by Gasteiger charge is 2.24. The number of rotatable bonds is 3. The van der Waals surface area contributed by atoms with E-state index in [-0.39, 0.29) is 6.10 Å². The Morgan fingerprint density at radius 1 is 1.46 bits per heavy atom. The molecule has 1 aliphatic rings. The molecule has 0 amide bonds. The van der Waals surface area contributed by atoms with Gasteiger partial charge in [-0.3, -0.25) is 0 Å². The maximum absolute atomic E-state index is 10.6. The van der Waals surface area contributed by atoms with Gasteiger partial charge in [-0.1, -0.05) is 26.2 Å². The monoisotopic (exact) mass is 204 g/mol. The molecule has 1 saturated carbocycles. The Bertz CT molecular complexity index is 164. The molecule has 1 rings (SSSR count). The third kappa shape index (κ3) is 3.55. The van der Waals surface area contributed by atoms with Gasteiger partial charge in [0, 0.05) is 11.6 Å². The van der Waals surface area contributed by atoms with E-state index in [9.17, 15) is 4.79 Å². The topological polar surface area (TPSA) is 26.3 Å². The van der Waals surface area contributed by atoms with Crippen molar-refractivity contribution in [3.8, 4) is 0 Å². The van der Waals surface area contributed by atoms with Crippen LogP contribution in [-0.4, -0.2) is 11.5 Å². The van der Waals surface area contributed by atoms with Crippen molar-refractivity contribution in [1.29, 1.82) is 0 Å². The molecule has 1 aliphatic carbocycles. The van der Waals surface area contributed by atoms with Crippen LogP contribution in [0, 0.1) is 5.92 Å². The molecule has 1 fully saturated rings. The largest absolute Gasteiger partial charge is 0.450 e. The van der Waals surface area contributed by atoms with Crippen molar-refractivity contribution in [3.63, 3.8) is 0 Å². The summed E-state index contributed by atoms with van der Waals surface area (Å²) in [5.41, 5.74) is -0.655. The van der Waals surface area contributed by atoms with Gasteiger partial charge in [0.05, 0.1) is 0 Å². The molecule has 0 aromatic rings. The van der Waals surface area contributed by atoms with Gasteiger partial charge >= 0.3 is 5.43 Å². The summed E-state index contributed by atoms with van der Waals surface area (Å²) >= 11 is 5.21. The van der Waals surface area contributed by atoms with Crippen LogP contribution in [0.15, 0.2) is 0 Å². The second kappa shape index (κ2) is 5.48. The first-order valence-electron chi connectivity index (χ1n) is 5.10. The minimum absolute atomic E-state index is 0.0466. The van der Waals surface area contributed by atoms with Gasteiger partial charge in [-0.2, -0.15) is 0 Å². The fourth-order valence-corrected chi connectivity index (χ4v) is 2.25. The zero-order valence-corrected chi connectivity index (χ0v) is 8.85. The molecule has 3 heteroatoms. The smallest absolute Gasteiger partial charge is 0.404 e. The second-order valence-corrected chi connectivity index (χ2v) is 4.01. The Balaban J connectivity index is 2.39. The van der Waals surface area contributed by atoms with E-state index in [1.807, 2.05) is 6.92 Å². The molecule has 76 valence electrons. The number of carbonyl (C=O) groups is 1. The zero-order valence-electron chi connectivity index (χ0n) is 8.09. The van der Waals surface area contributed by atoms with E-state index >= 15 is 0 Å². The van der Waals surface area contributed by atoms with Crippen LogP contribution in [0.25, 0.3) is 0 Å². The molecular weight excluding hydrogens is 188 g/mol. The van der Waals surface area contributed by atoms with Crippen molar-refractivity contribution in [2.24, 2.45) is 5.92 Å². The SMILES string of the molecule is CCC(OC(=O)Cl)C1CCCCC1. The van der Waals surface area contributed by atoms with Crippen molar-refractivity contribution in [2.75, 3.05) is 0 Å². The van der Waals surface area contributed by atoms with Crippen LogP contribution in [0.4, 0.5) is 4.79 Å². The Hall–Kier alpha value is -0.240. The van der Waals surface area contributed by atoms with Crippen molar-refractivity contribution in [1.82, 2.24) is 0 Å². The standard InChI is InChI=1S/C10H17ClO2/c1-2-9(13-10(11)12)8-6-4-3-5-7-8/h8-9H,2-7H2,1H3. The lowest BCUT2D eigenvalue weighted by Crippen LogP contribution is -2.26. The van der Waals surface area contributed by atoms with Gasteiger partial charge in [0.25, 0.3) is 0 Å². The number of ether oxygens (including phenoxy) is 1. The number of carbonyl (C=O) groups excluding carboxylic acids is 1. The molecule has 0 aromatic carbocycles. The molecule has 0 radical (unpaired) electrons. The highest BCUT2D eigenvalue weighted by atomic mass is 35.5. The molecule has 0 spiro atoms. The third-order valence-corrected chi connectivity index (χ3v) is 2.91. The van der Waals surface area contributed by atoms with Crippen LogP contribution in [0.1, 0.15) is 45.4 Å². The molecule has 0 heterocycles. The van der Waals surface area contributed by atoms with Crippen LogP contribution in [0.2, 0.25) is 0 Å². The van der Waals surface area contributed by atoms with Crippen LogP contribution in [-0.2, 0) is 4.74 Å². The molecule has 2 nitrogen and oxygen atoms in total. The maximum atomic E-state index is 10.6. The first kappa shape index (κ1) is 10.8. The highest BCUT2D eigenvalue weighted by Crippen LogP contribution is 2.29. The van der Waals surface area contributed by atoms with Crippen LogP contribution in [0.3, 0.4) is 0 Å². The Morgan fingerprint density at radius 3 is 2.54 bits per heavy atom. The van der Waals surface area contributed by atoms with Gasteiger partial charge in [-0.15, -0.1) is 0 Å². The van der Waals surface area contributed by atoms with Crippen molar-refractivity contribution in [3.05, 3.63) is 0 Å². The summed E-state index contributed by atoms with van der Waals surface area (Å²) in [5.74, 6) is 0.543. The lowest BCUT2D eigenvalue weighted by atomic mass is 9.84. The summed E-state index contributed by atoms with van der Waals surface area (Å²) in [5, 5.41) is 0. The predicted molar refractivity (Wildman–Crippen MR) is 53.0 cm³/mol. The normalized spacial score (nSPS) is 21.1. The maximum Gasteiger partial charge on any atom is 0.404 e. The average Bonchev–Trinajstić information content (AvgIpc) is 2.15. The predicted octanol–water partition coefficient (Wildman–Crippen LogP) is 3.72. The molecule has 1 unspecified atom stereocenters. The Kier molecular flexibility index (Phi) is 4.57. The Labute approximate surface area is 84.6 Å². The summed E-state index contributed by atoms with van der Waals surface area (Å²) in [6.07, 6.45) is 7.14. The van der Waals surface area contributed by atoms with Gasteiger partial charge < -0.3 is 4.74 Å². The van der Waals surface area contributed by atoms with Crippen molar-refractivity contribution in [2.45, 2.75) is 51.6 Å². The van der Waals surface area contributed by atoms with Gasteiger partial charge in [0.15, 0.2) is 0 Å². The van der Waals surface area contributed by atoms with Crippen molar-refractivity contribution < 1.29 is 9.53 Å². The summed E-state index contributed by atoms with van der Waals surface area (Å²) < 4.78 is 5.07. The average molecular weight is 205 g/mol. The molecular formula is C10H17ClO2. The summed E-state index contributed by atoms with van der Waals surface area (Å²) in [6, 6.07) is 0. The fourth-order valence-electron chi connectivity index (χ4n) is 2.14. The first-order chi connectivity index (χ1) is 6.24. The van der Waals surface area contributed by atoms with E-state index in [0.29, 0.717) is 5.92 Å². The van der Waals surface area contributed by atoms with E-state index in [4.69, 9.17) is 16.3 Å². The minimum Gasteiger partial charge on any atom is -0.450 e. The summed E-state index contributed by atoms with van der Waals surface area (Å²) in [4.78, 5) is 10.6. The van der Waals surface area contributed by atoms with Crippen LogP contribution >= 0.6 is 11.6 Å². The quantitative estimate of drug-likeness (QED) is 0.655. The van der Waals surface area contributed by atoms with Crippen LogP contribution in [0.5, 0.6) is 0 Å².